The van der Waals surface area contributed by atoms with Crippen molar-refractivity contribution in [3.63, 3.8) is 0 Å². The van der Waals surface area contributed by atoms with E-state index in [4.69, 9.17) is 5.73 Å². The molecule has 32 heavy (non-hydrogen) atoms. The van der Waals surface area contributed by atoms with Crippen molar-refractivity contribution >= 4 is 33.6 Å². The fourth-order valence-corrected chi connectivity index (χ4v) is 4.38. The van der Waals surface area contributed by atoms with Crippen LogP contribution in [0.5, 0.6) is 5.75 Å². The van der Waals surface area contributed by atoms with Crippen LogP contribution in [0.15, 0.2) is 54.6 Å². The number of carbonyl (C=O) groups is 2. The van der Waals surface area contributed by atoms with Crippen molar-refractivity contribution in [1.29, 1.82) is 0 Å². The van der Waals surface area contributed by atoms with E-state index in [-0.39, 0.29) is 11.7 Å². The number of aromatic nitrogens is 1. The van der Waals surface area contributed by atoms with E-state index in [1.807, 2.05) is 35.2 Å². The summed E-state index contributed by atoms with van der Waals surface area (Å²) in [6.45, 7) is 3.14. The number of carbonyl (C=O) groups excluding carboxylic acids is 2. The lowest BCUT2D eigenvalue weighted by Crippen LogP contribution is -2.47. The van der Waals surface area contributed by atoms with Crippen LogP contribution < -0.4 is 5.73 Å². The number of hydrogen-bond acceptors (Lipinski definition) is 4. The third kappa shape index (κ3) is 3.46. The predicted molar refractivity (Wildman–Crippen MR) is 125 cm³/mol. The molecule has 1 fully saturated rings. The quantitative estimate of drug-likeness (QED) is 0.466. The molecular formula is C25H24N4O3. The molecule has 2 heterocycles. The van der Waals surface area contributed by atoms with Crippen molar-refractivity contribution < 1.29 is 14.7 Å². The maximum atomic E-state index is 13.0. The highest BCUT2D eigenvalue weighted by Gasteiger charge is 2.21. The van der Waals surface area contributed by atoms with Gasteiger partial charge in [-0.05, 0) is 54.6 Å². The summed E-state index contributed by atoms with van der Waals surface area (Å²) in [5, 5.41) is 11.6. The van der Waals surface area contributed by atoms with Gasteiger partial charge in [-0.2, -0.15) is 0 Å². The minimum Gasteiger partial charge on any atom is -0.508 e. The number of phenolic OH excluding ortho intramolecular Hbond substituents is 1. The molecule has 1 aromatic heterocycles. The van der Waals surface area contributed by atoms with E-state index in [2.05, 4.69) is 16.9 Å². The summed E-state index contributed by atoms with van der Waals surface area (Å²) in [4.78, 5) is 32.6. The SMILES string of the molecule is CN1CCN(C(=O)c2ccc3c(c2)[nH]c2c(C(N)=O)cc(-c4cccc(O)c4)cc23)CC1. The second-order valence-electron chi connectivity index (χ2n) is 8.34. The average Bonchev–Trinajstić information content (AvgIpc) is 3.16. The zero-order valence-corrected chi connectivity index (χ0v) is 17.8. The number of primary amides is 1. The molecule has 1 saturated heterocycles. The summed E-state index contributed by atoms with van der Waals surface area (Å²) in [5.41, 5.74) is 9.64. The first-order valence-corrected chi connectivity index (χ1v) is 10.6. The molecule has 0 atom stereocenters. The topological polar surface area (TPSA) is 103 Å². The fourth-order valence-electron chi connectivity index (χ4n) is 4.38. The molecule has 4 aromatic rings. The van der Waals surface area contributed by atoms with Crippen LogP contribution in [0.2, 0.25) is 0 Å². The van der Waals surface area contributed by atoms with Gasteiger partial charge in [0, 0.05) is 48.0 Å². The van der Waals surface area contributed by atoms with Crippen LogP contribution in [0, 0.1) is 0 Å². The second-order valence-corrected chi connectivity index (χ2v) is 8.34. The van der Waals surface area contributed by atoms with E-state index in [1.54, 1.807) is 24.3 Å². The highest BCUT2D eigenvalue weighted by molar-refractivity contribution is 6.17. The van der Waals surface area contributed by atoms with Gasteiger partial charge in [0.2, 0.25) is 0 Å². The number of rotatable bonds is 3. The molecule has 1 aliphatic heterocycles. The number of nitrogens with one attached hydrogen (secondary N) is 1. The zero-order chi connectivity index (χ0) is 22.4. The van der Waals surface area contributed by atoms with Gasteiger partial charge in [0.15, 0.2) is 0 Å². The second kappa shape index (κ2) is 7.69. The number of nitrogens with zero attached hydrogens (tertiary/aromatic N) is 2. The van der Waals surface area contributed by atoms with Crippen molar-refractivity contribution in [1.82, 2.24) is 14.8 Å². The number of amides is 2. The smallest absolute Gasteiger partial charge is 0.254 e. The van der Waals surface area contributed by atoms with Crippen molar-refractivity contribution in [2.45, 2.75) is 0 Å². The summed E-state index contributed by atoms with van der Waals surface area (Å²) >= 11 is 0. The minimum atomic E-state index is -0.544. The summed E-state index contributed by atoms with van der Waals surface area (Å²) < 4.78 is 0. The maximum Gasteiger partial charge on any atom is 0.254 e. The molecular weight excluding hydrogens is 404 g/mol. The van der Waals surface area contributed by atoms with E-state index >= 15 is 0 Å². The molecule has 2 amide bonds. The van der Waals surface area contributed by atoms with Crippen LogP contribution in [0.3, 0.4) is 0 Å². The van der Waals surface area contributed by atoms with Crippen LogP contribution in [0.1, 0.15) is 20.7 Å². The van der Waals surface area contributed by atoms with Gasteiger partial charge in [-0.25, -0.2) is 0 Å². The van der Waals surface area contributed by atoms with Crippen LogP contribution in [-0.2, 0) is 0 Å². The largest absolute Gasteiger partial charge is 0.508 e. The molecule has 162 valence electrons. The van der Waals surface area contributed by atoms with E-state index < -0.39 is 5.91 Å². The van der Waals surface area contributed by atoms with Crippen LogP contribution in [-0.4, -0.2) is 64.9 Å². The molecule has 7 nitrogen and oxygen atoms in total. The first kappa shape index (κ1) is 20.1. The Morgan fingerprint density at radius 1 is 0.938 bits per heavy atom. The van der Waals surface area contributed by atoms with Gasteiger partial charge in [-0.3, -0.25) is 9.59 Å². The molecule has 1 aliphatic rings. The lowest BCUT2D eigenvalue weighted by molar-refractivity contribution is 0.0664. The molecule has 7 heteroatoms. The summed E-state index contributed by atoms with van der Waals surface area (Å²) in [5.74, 6) is -0.388. The summed E-state index contributed by atoms with van der Waals surface area (Å²) in [7, 11) is 2.06. The highest BCUT2D eigenvalue weighted by Crippen LogP contribution is 2.34. The number of fused-ring (bicyclic) bond motifs is 3. The monoisotopic (exact) mass is 428 g/mol. The van der Waals surface area contributed by atoms with Gasteiger partial charge in [-0.1, -0.05) is 18.2 Å². The average molecular weight is 428 g/mol. The Morgan fingerprint density at radius 2 is 1.72 bits per heavy atom. The Hall–Kier alpha value is -3.84. The van der Waals surface area contributed by atoms with E-state index in [1.165, 1.54) is 0 Å². The molecule has 0 aliphatic carbocycles. The van der Waals surface area contributed by atoms with Crippen molar-refractivity contribution in [2.24, 2.45) is 5.73 Å². The number of H-pyrrole nitrogens is 1. The van der Waals surface area contributed by atoms with Gasteiger partial charge in [0.05, 0.1) is 11.1 Å². The first-order valence-electron chi connectivity index (χ1n) is 10.6. The van der Waals surface area contributed by atoms with Crippen molar-refractivity contribution in [2.75, 3.05) is 33.2 Å². The van der Waals surface area contributed by atoms with Crippen LogP contribution in [0.25, 0.3) is 32.9 Å². The third-order valence-electron chi connectivity index (χ3n) is 6.19. The van der Waals surface area contributed by atoms with E-state index in [0.29, 0.717) is 29.7 Å². The number of aromatic hydroxyl groups is 1. The summed E-state index contributed by atoms with van der Waals surface area (Å²) in [6, 6.07) is 16.2. The Balaban J connectivity index is 1.62. The zero-order valence-electron chi connectivity index (χ0n) is 17.8. The third-order valence-corrected chi connectivity index (χ3v) is 6.19. The van der Waals surface area contributed by atoms with Gasteiger partial charge < -0.3 is 25.6 Å². The lowest BCUT2D eigenvalue weighted by atomic mass is 9.98. The van der Waals surface area contributed by atoms with Crippen LogP contribution >= 0.6 is 0 Å². The molecule has 0 spiro atoms. The minimum absolute atomic E-state index is 0.00855. The molecule has 5 rings (SSSR count). The molecule has 3 aromatic carbocycles. The Kier molecular flexibility index (Phi) is 4.83. The lowest BCUT2D eigenvalue weighted by Gasteiger charge is -2.32. The Morgan fingerprint density at radius 3 is 2.44 bits per heavy atom. The number of benzene rings is 3. The predicted octanol–water partition coefficient (Wildman–Crippen LogP) is 3.18. The molecule has 0 unspecified atom stereocenters. The number of phenols is 1. The normalized spacial score (nSPS) is 14.8. The van der Waals surface area contributed by atoms with Gasteiger partial charge >= 0.3 is 0 Å². The Bertz CT molecular complexity index is 1370. The number of piperazine rings is 1. The van der Waals surface area contributed by atoms with E-state index in [0.717, 1.165) is 40.5 Å². The Labute approximate surface area is 185 Å². The molecule has 0 bridgehead atoms. The number of likely N-dealkylation sites (N-methyl/N-ethyl adjacent to an activating group) is 1. The molecule has 0 radical (unpaired) electrons. The van der Waals surface area contributed by atoms with Gasteiger partial charge in [0.1, 0.15) is 5.75 Å². The standard InChI is InChI=1S/C25H24N4O3/c1-28-7-9-29(10-8-28)25(32)16-5-6-19-20-12-17(15-3-2-4-18(30)11-15)13-21(24(26)31)23(20)27-22(19)14-16/h2-6,11-14,27,30H,7-10H2,1H3,(H2,26,31). The van der Waals surface area contributed by atoms with Crippen molar-refractivity contribution in [3.8, 4) is 16.9 Å². The number of hydrogen-bond donors (Lipinski definition) is 3. The molecule has 0 saturated carbocycles. The van der Waals surface area contributed by atoms with Gasteiger partial charge in [0.25, 0.3) is 11.8 Å². The fraction of sp³-hybridized carbons (Fsp3) is 0.200. The maximum absolute atomic E-state index is 13.0. The number of aromatic amines is 1. The highest BCUT2D eigenvalue weighted by atomic mass is 16.3. The molecule has 4 N–H and O–H groups in total. The first-order chi connectivity index (χ1) is 15.4. The van der Waals surface area contributed by atoms with Gasteiger partial charge in [-0.15, -0.1) is 0 Å². The van der Waals surface area contributed by atoms with Crippen molar-refractivity contribution in [3.05, 3.63) is 65.7 Å². The summed E-state index contributed by atoms with van der Waals surface area (Å²) in [6.07, 6.45) is 0. The van der Waals surface area contributed by atoms with E-state index in [9.17, 15) is 14.7 Å². The number of nitrogens with two attached hydrogens (primary N) is 1. The van der Waals surface area contributed by atoms with Crippen LogP contribution in [0.4, 0.5) is 0 Å².